The summed E-state index contributed by atoms with van der Waals surface area (Å²) >= 11 is 0. The third-order valence-corrected chi connectivity index (χ3v) is 3.21. The zero-order chi connectivity index (χ0) is 8.13. The zero-order valence-electron chi connectivity index (χ0n) is 6.79. The molecule has 1 fully saturated rings. The van der Waals surface area contributed by atoms with Crippen molar-refractivity contribution in [1.29, 1.82) is 0 Å². The van der Waals surface area contributed by atoms with E-state index < -0.39 is 0 Å². The van der Waals surface area contributed by atoms with Crippen LogP contribution in [0.25, 0.3) is 0 Å². The van der Waals surface area contributed by atoms with Crippen molar-refractivity contribution >= 4 is 5.78 Å². The average Bonchev–Trinajstić information content (AvgIpc) is 2.39. The molecule has 0 unspecified atom stereocenters. The van der Waals surface area contributed by atoms with Gasteiger partial charge in [0.1, 0.15) is 5.78 Å². The van der Waals surface area contributed by atoms with Gasteiger partial charge >= 0.3 is 0 Å². The van der Waals surface area contributed by atoms with Gasteiger partial charge in [0.15, 0.2) is 0 Å². The fraction of sp³-hybridized carbons (Fsp3) is 0.364. The topological polar surface area (TPSA) is 17.1 Å². The summed E-state index contributed by atoms with van der Waals surface area (Å²) in [5.74, 6) is 1.40. The highest BCUT2D eigenvalue weighted by Gasteiger charge is 2.45. The molecule has 0 heterocycles. The molecule has 2 atom stereocenters. The van der Waals surface area contributed by atoms with Crippen molar-refractivity contribution in [1.82, 2.24) is 0 Å². The summed E-state index contributed by atoms with van der Waals surface area (Å²) in [4.78, 5) is 11.2. The molecule has 0 bridgehead atoms. The molecule has 0 spiro atoms. The smallest absolute Gasteiger partial charge is 0.137 e. The minimum Gasteiger partial charge on any atom is -0.299 e. The van der Waals surface area contributed by atoms with E-state index in [4.69, 9.17) is 0 Å². The largest absolute Gasteiger partial charge is 0.299 e. The number of fused-ring (bicyclic) bond motifs is 3. The molecule has 2 aliphatic carbocycles. The van der Waals surface area contributed by atoms with Gasteiger partial charge in [0.2, 0.25) is 0 Å². The molecule has 0 saturated heterocycles. The molecule has 1 aromatic rings. The van der Waals surface area contributed by atoms with E-state index in [0.29, 0.717) is 17.6 Å². The van der Waals surface area contributed by atoms with Crippen LogP contribution in [0, 0.1) is 5.92 Å². The Kier molecular flexibility index (Phi) is 1.06. The van der Waals surface area contributed by atoms with Crippen LogP contribution in [-0.2, 0) is 11.2 Å². The van der Waals surface area contributed by atoms with E-state index in [1.54, 1.807) is 0 Å². The molecule has 0 aromatic heterocycles. The van der Waals surface area contributed by atoms with Gasteiger partial charge < -0.3 is 0 Å². The number of hydrogen-bond acceptors (Lipinski definition) is 1. The highest BCUT2D eigenvalue weighted by atomic mass is 16.1. The maximum atomic E-state index is 11.2. The van der Waals surface area contributed by atoms with Crippen molar-refractivity contribution in [3.05, 3.63) is 35.4 Å². The Bertz CT molecular complexity index is 354. The minimum absolute atomic E-state index is 0.349. The summed E-state index contributed by atoms with van der Waals surface area (Å²) in [5.41, 5.74) is 2.83. The van der Waals surface area contributed by atoms with Crippen molar-refractivity contribution < 1.29 is 4.79 Å². The van der Waals surface area contributed by atoms with E-state index in [1.165, 1.54) is 11.1 Å². The maximum Gasteiger partial charge on any atom is 0.137 e. The Morgan fingerprint density at radius 2 is 1.92 bits per heavy atom. The lowest BCUT2D eigenvalue weighted by atomic mass is 9.73. The summed E-state index contributed by atoms with van der Waals surface area (Å²) in [6.45, 7) is 0. The second-order valence-corrected chi connectivity index (χ2v) is 3.79. The van der Waals surface area contributed by atoms with Crippen LogP contribution in [0.5, 0.6) is 0 Å². The molecule has 0 N–H and O–H groups in total. The van der Waals surface area contributed by atoms with Gasteiger partial charge in [0, 0.05) is 18.3 Å². The van der Waals surface area contributed by atoms with Crippen LogP contribution in [0.15, 0.2) is 24.3 Å². The van der Waals surface area contributed by atoms with Gasteiger partial charge in [-0.15, -0.1) is 0 Å². The fourth-order valence-electron chi connectivity index (χ4n) is 2.48. The summed E-state index contributed by atoms with van der Waals surface area (Å²) < 4.78 is 0. The van der Waals surface area contributed by atoms with E-state index in [-0.39, 0.29) is 0 Å². The Morgan fingerprint density at radius 3 is 2.75 bits per heavy atom. The van der Waals surface area contributed by atoms with Crippen LogP contribution in [-0.4, -0.2) is 5.78 Å². The predicted octanol–water partition coefficient (Wildman–Crippen LogP) is 1.92. The predicted molar refractivity (Wildman–Crippen MR) is 46.0 cm³/mol. The summed E-state index contributed by atoms with van der Waals surface area (Å²) in [7, 11) is 0. The third kappa shape index (κ3) is 0.619. The third-order valence-electron chi connectivity index (χ3n) is 3.21. The minimum atomic E-state index is 0.349. The standard InChI is InChI=1S/C11H10O/c12-11-6-9-8-4-2-1-3-7(8)5-10(9)11/h1-4,9-10H,5-6H2/t9-,10+/m1/s1. The van der Waals surface area contributed by atoms with Crippen LogP contribution >= 0.6 is 0 Å². The number of hydrogen-bond donors (Lipinski definition) is 0. The van der Waals surface area contributed by atoms with Gasteiger partial charge in [0.05, 0.1) is 0 Å². The van der Waals surface area contributed by atoms with Crippen LogP contribution < -0.4 is 0 Å². The van der Waals surface area contributed by atoms with E-state index in [2.05, 4.69) is 24.3 Å². The monoisotopic (exact) mass is 158 g/mol. The van der Waals surface area contributed by atoms with Gasteiger partial charge in [-0.1, -0.05) is 24.3 Å². The van der Waals surface area contributed by atoms with Crippen LogP contribution in [0.2, 0.25) is 0 Å². The first-order chi connectivity index (χ1) is 5.86. The van der Waals surface area contributed by atoms with Gasteiger partial charge in [0.25, 0.3) is 0 Å². The van der Waals surface area contributed by atoms with E-state index in [0.717, 1.165) is 12.8 Å². The molecule has 3 rings (SSSR count). The van der Waals surface area contributed by atoms with Crippen LogP contribution in [0.1, 0.15) is 23.5 Å². The molecule has 1 nitrogen and oxygen atoms in total. The molecule has 2 aliphatic rings. The normalized spacial score (nSPS) is 30.8. The first kappa shape index (κ1) is 6.41. The molecule has 1 aromatic carbocycles. The van der Waals surface area contributed by atoms with Gasteiger partial charge in [-0.2, -0.15) is 0 Å². The molecule has 0 radical (unpaired) electrons. The summed E-state index contributed by atoms with van der Waals surface area (Å²) in [6, 6.07) is 8.46. The van der Waals surface area contributed by atoms with Crippen LogP contribution in [0.4, 0.5) is 0 Å². The maximum absolute atomic E-state index is 11.2. The Balaban J connectivity index is 2.10. The second kappa shape index (κ2) is 1.98. The van der Waals surface area contributed by atoms with Gasteiger partial charge in [-0.05, 0) is 17.5 Å². The van der Waals surface area contributed by atoms with Gasteiger partial charge in [-0.25, -0.2) is 0 Å². The van der Waals surface area contributed by atoms with Crippen molar-refractivity contribution in [2.75, 3.05) is 0 Å². The average molecular weight is 158 g/mol. The molecular weight excluding hydrogens is 148 g/mol. The number of ketones is 1. The second-order valence-electron chi connectivity index (χ2n) is 3.79. The molecule has 1 heteroatoms. The molecule has 12 heavy (non-hydrogen) atoms. The quantitative estimate of drug-likeness (QED) is 0.563. The Morgan fingerprint density at radius 1 is 1.08 bits per heavy atom. The fourth-order valence-corrected chi connectivity index (χ4v) is 2.48. The van der Waals surface area contributed by atoms with E-state index in [9.17, 15) is 4.79 Å². The number of benzene rings is 1. The zero-order valence-corrected chi connectivity index (χ0v) is 6.79. The SMILES string of the molecule is O=C1C[C@@H]2c3ccccc3C[C@H]12. The lowest BCUT2D eigenvalue weighted by Crippen LogP contribution is -2.31. The van der Waals surface area contributed by atoms with Crippen molar-refractivity contribution in [3.63, 3.8) is 0 Å². The number of Topliss-reactive ketones (excluding diaryl/α,β-unsaturated/α-hetero) is 1. The number of rotatable bonds is 0. The molecular formula is C11H10O. The first-order valence-electron chi connectivity index (χ1n) is 4.47. The van der Waals surface area contributed by atoms with E-state index in [1.807, 2.05) is 0 Å². The highest BCUT2D eigenvalue weighted by molar-refractivity contribution is 5.91. The molecule has 1 saturated carbocycles. The number of carbonyl (C=O) groups is 1. The highest BCUT2D eigenvalue weighted by Crippen LogP contribution is 2.48. The van der Waals surface area contributed by atoms with Crippen molar-refractivity contribution in [2.24, 2.45) is 5.92 Å². The van der Waals surface area contributed by atoms with Crippen molar-refractivity contribution in [3.8, 4) is 0 Å². The molecule has 60 valence electrons. The first-order valence-corrected chi connectivity index (χ1v) is 4.47. The molecule has 0 aliphatic heterocycles. The molecule has 0 amide bonds. The Labute approximate surface area is 71.4 Å². The Hall–Kier alpha value is -1.11. The van der Waals surface area contributed by atoms with Crippen molar-refractivity contribution in [2.45, 2.75) is 18.8 Å². The summed E-state index contributed by atoms with van der Waals surface area (Å²) in [6.07, 6.45) is 1.79. The lowest BCUT2D eigenvalue weighted by Gasteiger charge is -2.28. The lowest BCUT2D eigenvalue weighted by molar-refractivity contribution is -0.130. The van der Waals surface area contributed by atoms with Crippen LogP contribution in [0.3, 0.4) is 0 Å². The van der Waals surface area contributed by atoms with E-state index >= 15 is 0 Å². The van der Waals surface area contributed by atoms with Gasteiger partial charge in [-0.3, -0.25) is 4.79 Å². The summed E-state index contributed by atoms with van der Waals surface area (Å²) in [5, 5.41) is 0. The number of carbonyl (C=O) groups excluding carboxylic acids is 1.